The van der Waals surface area contributed by atoms with E-state index in [2.05, 4.69) is 0 Å². The highest BCUT2D eigenvalue weighted by Crippen LogP contribution is 2.32. The largest absolute Gasteiger partial charge is 0.300 e. The van der Waals surface area contributed by atoms with Gasteiger partial charge in [0, 0.05) is 25.1 Å². The molecule has 0 radical (unpaired) electrons. The summed E-state index contributed by atoms with van der Waals surface area (Å²) in [5.74, 6) is -7.93. The molecular formula is C22H23F4NO3S. The fourth-order valence-corrected chi connectivity index (χ4v) is 5.62. The lowest BCUT2D eigenvalue weighted by Crippen LogP contribution is -2.41. The van der Waals surface area contributed by atoms with Crippen molar-refractivity contribution in [2.45, 2.75) is 62.9 Å². The highest BCUT2D eigenvalue weighted by molar-refractivity contribution is 7.89. The molecule has 1 fully saturated rings. The lowest BCUT2D eigenvalue weighted by Gasteiger charge is -2.33. The average molecular weight is 457 g/mol. The van der Waals surface area contributed by atoms with E-state index >= 15 is 0 Å². The van der Waals surface area contributed by atoms with Gasteiger partial charge >= 0.3 is 0 Å². The van der Waals surface area contributed by atoms with E-state index in [4.69, 9.17) is 0 Å². The number of rotatable bonds is 7. The van der Waals surface area contributed by atoms with Crippen molar-refractivity contribution < 1.29 is 30.8 Å². The molecule has 0 heterocycles. The molecule has 2 aromatic rings. The van der Waals surface area contributed by atoms with E-state index in [1.807, 2.05) is 0 Å². The number of nitrogens with zero attached hydrogens (tertiary/aromatic N) is 1. The van der Waals surface area contributed by atoms with Crippen LogP contribution in [0.3, 0.4) is 0 Å². The van der Waals surface area contributed by atoms with Crippen molar-refractivity contribution in [1.29, 1.82) is 0 Å². The van der Waals surface area contributed by atoms with Crippen LogP contribution in [0.5, 0.6) is 0 Å². The maximum Gasteiger partial charge on any atom is 0.246 e. The smallest absolute Gasteiger partial charge is 0.246 e. The minimum atomic E-state index is -4.66. The van der Waals surface area contributed by atoms with Gasteiger partial charge in [0.25, 0.3) is 0 Å². The van der Waals surface area contributed by atoms with Gasteiger partial charge in [-0.2, -0.15) is 4.31 Å². The van der Waals surface area contributed by atoms with Crippen molar-refractivity contribution in [3.63, 3.8) is 0 Å². The molecule has 9 heteroatoms. The first-order chi connectivity index (χ1) is 14.6. The summed E-state index contributed by atoms with van der Waals surface area (Å²) < 4.78 is 82.8. The number of benzene rings is 2. The molecule has 1 aliphatic carbocycles. The summed E-state index contributed by atoms with van der Waals surface area (Å²) in [6.07, 6.45) is 3.75. The maximum atomic E-state index is 14.4. The Morgan fingerprint density at radius 3 is 2.10 bits per heavy atom. The third-order valence-corrected chi connectivity index (χ3v) is 7.35. The van der Waals surface area contributed by atoms with Gasteiger partial charge in [-0.15, -0.1) is 0 Å². The quantitative estimate of drug-likeness (QED) is 0.338. The zero-order chi connectivity index (χ0) is 22.8. The lowest BCUT2D eigenvalue weighted by molar-refractivity contribution is -0.116. The standard InChI is InChI=1S/C22H23F4NO3S/c1-14(28)11-15-7-9-16(10-8-15)13-27(17-5-3-2-4-6-17)31(29,30)19-12-18(23)20(24)22(26)21(19)25/h7-10,12,17H,2-6,11,13H2,1H3. The molecule has 0 N–H and O–H groups in total. The zero-order valence-electron chi connectivity index (χ0n) is 17.0. The Hall–Kier alpha value is -2.26. The highest BCUT2D eigenvalue weighted by atomic mass is 32.2. The number of hydrogen-bond acceptors (Lipinski definition) is 3. The minimum Gasteiger partial charge on any atom is -0.300 e. The van der Waals surface area contributed by atoms with Gasteiger partial charge in [-0.3, -0.25) is 4.79 Å². The third-order valence-electron chi connectivity index (χ3n) is 5.45. The van der Waals surface area contributed by atoms with E-state index in [9.17, 15) is 30.8 Å². The summed E-state index contributed by atoms with van der Waals surface area (Å²) in [4.78, 5) is 10.1. The fraction of sp³-hybridized carbons (Fsp3) is 0.409. The van der Waals surface area contributed by atoms with Crippen molar-refractivity contribution in [3.05, 3.63) is 64.7 Å². The van der Waals surface area contributed by atoms with Gasteiger partial charge in [0.15, 0.2) is 23.3 Å². The molecule has 0 aromatic heterocycles. The second-order valence-electron chi connectivity index (χ2n) is 7.84. The predicted molar refractivity (Wildman–Crippen MR) is 107 cm³/mol. The van der Waals surface area contributed by atoms with Crippen molar-refractivity contribution in [2.75, 3.05) is 0 Å². The van der Waals surface area contributed by atoms with Gasteiger partial charge in [0.05, 0.1) is 0 Å². The van der Waals surface area contributed by atoms with E-state index in [1.54, 1.807) is 24.3 Å². The Balaban J connectivity index is 2.00. The molecule has 1 saturated carbocycles. The molecule has 3 rings (SSSR count). The summed E-state index contributed by atoms with van der Waals surface area (Å²) in [5, 5.41) is 0. The molecule has 2 aromatic carbocycles. The summed E-state index contributed by atoms with van der Waals surface area (Å²) in [6, 6.07) is 6.42. The molecule has 0 aliphatic heterocycles. The van der Waals surface area contributed by atoms with Crippen LogP contribution < -0.4 is 0 Å². The normalized spacial score (nSPS) is 15.4. The van der Waals surface area contributed by atoms with Crippen LogP contribution in [0, 0.1) is 23.3 Å². The second kappa shape index (κ2) is 9.48. The van der Waals surface area contributed by atoms with E-state index in [0.717, 1.165) is 29.1 Å². The number of carbonyl (C=O) groups is 1. The van der Waals surface area contributed by atoms with Crippen molar-refractivity contribution >= 4 is 15.8 Å². The Kier molecular flexibility index (Phi) is 7.16. The number of carbonyl (C=O) groups excluding carboxylic acids is 1. The van der Waals surface area contributed by atoms with Crippen molar-refractivity contribution in [2.24, 2.45) is 0 Å². The third kappa shape index (κ3) is 5.15. The van der Waals surface area contributed by atoms with Crippen molar-refractivity contribution in [1.82, 2.24) is 4.31 Å². The van der Waals surface area contributed by atoms with Crippen molar-refractivity contribution in [3.8, 4) is 0 Å². The topological polar surface area (TPSA) is 54.5 Å². The predicted octanol–water partition coefficient (Wildman–Crippen LogP) is 4.90. The fourth-order valence-electron chi connectivity index (χ4n) is 3.87. The van der Waals surface area contributed by atoms with Crippen LogP contribution in [0.4, 0.5) is 17.6 Å². The van der Waals surface area contributed by atoms with Crippen LogP contribution in [0.15, 0.2) is 35.2 Å². The molecule has 0 atom stereocenters. The lowest BCUT2D eigenvalue weighted by atomic mass is 9.95. The van der Waals surface area contributed by atoms with Gasteiger partial charge in [-0.1, -0.05) is 43.5 Å². The van der Waals surface area contributed by atoms with E-state index in [-0.39, 0.29) is 24.8 Å². The molecule has 0 saturated heterocycles. The molecule has 1 aliphatic rings. The molecule has 31 heavy (non-hydrogen) atoms. The Morgan fingerprint density at radius 1 is 0.935 bits per heavy atom. The van der Waals surface area contributed by atoms with Gasteiger partial charge in [-0.25, -0.2) is 26.0 Å². The molecular weight excluding hydrogens is 434 g/mol. The number of ketones is 1. The molecule has 4 nitrogen and oxygen atoms in total. The molecule has 168 valence electrons. The first kappa shape index (κ1) is 23.4. The monoisotopic (exact) mass is 457 g/mol. The summed E-state index contributed by atoms with van der Waals surface area (Å²) in [5.41, 5.74) is 1.34. The molecule has 0 spiro atoms. The highest BCUT2D eigenvalue weighted by Gasteiger charge is 2.36. The Bertz CT molecular complexity index is 1070. The maximum absolute atomic E-state index is 14.4. The Morgan fingerprint density at radius 2 is 1.52 bits per heavy atom. The Labute approximate surface area is 178 Å². The summed E-state index contributed by atoms with van der Waals surface area (Å²) >= 11 is 0. The molecule has 0 amide bonds. The van der Waals surface area contributed by atoms with Crippen LogP contribution >= 0.6 is 0 Å². The first-order valence-electron chi connectivity index (χ1n) is 10.0. The van der Waals surface area contributed by atoms with Gasteiger partial charge in [0.1, 0.15) is 10.7 Å². The van der Waals surface area contributed by atoms with Crippen LogP contribution in [0.25, 0.3) is 0 Å². The van der Waals surface area contributed by atoms with Gasteiger partial charge in [0.2, 0.25) is 10.0 Å². The van der Waals surface area contributed by atoms with Gasteiger partial charge < -0.3 is 0 Å². The summed E-state index contributed by atoms with van der Waals surface area (Å²) in [6.45, 7) is 1.31. The number of sulfonamides is 1. The van der Waals surface area contributed by atoms with E-state index < -0.39 is 44.2 Å². The zero-order valence-corrected chi connectivity index (χ0v) is 17.8. The summed E-state index contributed by atoms with van der Waals surface area (Å²) in [7, 11) is -4.66. The minimum absolute atomic E-state index is 0.0185. The van der Waals surface area contributed by atoms with Crippen LogP contribution in [0.1, 0.15) is 50.2 Å². The van der Waals surface area contributed by atoms with E-state index in [1.165, 1.54) is 6.92 Å². The van der Waals surface area contributed by atoms with Crippen LogP contribution in [-0.4, -0.2) is 24.5 Å². The first-order valence-corrected chi connectivity index (χ1v) is 11.5. The number of hydrogen-bond donors (Lipinski definition) is 0. The second-order valence-corrected chi connectivity index (χ2v) is 9.69. The number of Topliss-reactive ketones (excluding diaryl/α,β-unsaturated/α-hetero) is 1. The average Bonchev–Trinajstić information content (AvgIpc) is 2.74. The van der Waals surface area contributed by atoms with E-state index in [0.29, 0.717) is 18.4 Å². The van der Waals surface area contributed by atoms with Crippen LogP contribution in [0.2, 0.25) is 0 Å². The molecule has 0 unspecified atom stereocenters. The van der Waals surface area contributed by atoms with Gasteiger partial charge in [-0.05, 0) is 30.9 Å². The molecule has 0 bridgehead atoms. The number of halogens is 4. The SMILES string of the molecule is CC(=O)Cc1ccc(CN(C2CCCCC2)S(=O)(=O)c2cc(F)c(F)c(F)c2F)cc1. The van der Waals surface area contributed by atoms with Crippen LogP contribution in [-0.2, 0) is 27.8 Å².